The molecule has 0 radical (unpaired) electrons. The third-order valence-electron chi connectivity index (χ3n) is 6.39. The second-order valence-electron chi connectivity index (χ2n) is 8.80. The van der Waals surface area contributed by atoms with Crippen molar-refractivity contribution in [1.29, 1.82) is 0 Å². The number of nitrogens with zero attached hydrogens (tertiary/aromatic N) is 5. The Bertz CT molecular complexity index is 1650. The molecule has 1 aliphatic heterocycles. The van der Waals surface area contributed by atoms with Gasteiger partial charge in [0.1, 0.15) is 30.8 Å². The number of fused-ring (bicyclic) bond motifs is 1. The van der Waals surface area contributed by atoms with Gasteiger partial charge in [-0.15, -0.1) is 0 Å². The van der Waals surface area contributed by atoms with Gasteiger partial charge in [-0.25, -0.2) is 23.8 Å². The number of hydrogen-bond acceptors (Lipinski definition) is 7. The Morgan fingerprint density at radius 1 is 1.08 bits per heavy atom. The zero-order valence-electron chi connectivity index (χ0n) is 19.7. The van der Waals surface area contributed by atoms with Gasteiger partial charge in [-0.05, 0) is 42.0 Å². The average molecular weight is 513 g/mol. The van der Waals surface area contributed by atoms with E-state index in [0.29, 0.717) is 27.9 Å². The van der Waals surface area contributed by atoms with Gasteiger partial charge in [0, 0.05) is 28.7 Å². The molecule has 3 amide bonds. The second kappa shape index (κ2) is 9.00. The number of carbonyl (C=O) groups is 2. The fraction of sp³-hybridized carbons (Fsp3) is 0.115. The van der Waals surface area contributed by atoms with Crippen LogP contribution in [-0.4, -0.2) is 41.4 Å². The molecule has 0 spiro atoms. The standard InChI is InChI=1S/C26H20FN7O4/c27-19-4-2-18(3-5-19)26(24(36)31-25(37)32-26)13-33-11-17-9-20(6-7-21(17)23(33)35)38-12-16-1-8-22(29-10-16)34-15-28-14-30-34/h1-11,14-15,35H,12-13H2,(H2,31,32,36,37)/t26-/m0/s1. The molecule has 6 rings (SSSR count). The maximum atomic E-state index is 13.5. The predicted octanol–water partition coefficient (Wildman–Crippen LogP) is 2.78. The van der Waals surface area contributed by atoms with Crippen LogP contribution in [0.15, 0.2) is 79.6 Å². The third-order valence-corrected chi connectivity index (χ3v) is 6.39. The van der Waals surface area contributed by atoms with Crippen molar-refractivity contribution in [3.8, 4) is 17.4 Å². The highest BCUT2D eigenvalue weighted by Gasteiger charge is 2.48. The van der Waals surface area contributed by atoms with E-state index in [9.17, 15) is 19.1 Å². The minimum absolute atomic E-state index is 0.0881. The Kier molecular flexibility index (Phi) is 5.48. The van der Waals surface area contributed by atoms with Crippen LogP contribution in [0.5, 0.6) is 11.6 Å². The SMILES string of the molecule is O=C1NC(=O)[C@](Cn2cc3cc(OCc4ccc(-n5cncn5)nc4)ccc3c2O)(c2ccc(F)cc2)N1. The van der Waals surface area contributed by atoms with Gasteiger partial charge in [-0.2, -0.15) is 5.10 Å². The Morgan fingerprint density at radius 2 is 1.92 bits per heavy atom. The van der Waals surface area contributed by atoms with Crippen LogP contribution in [-0.2, 0) is 23.5 Å². The molecule has 0 aliphatic carbocycles. The number of halogens is 1. The molecule has 12 heteroatoms. The van der Waals surface area contributed by atoms with Gasteiger partial charge in [0.2, 0.25) is 0 Å². The van der Waals surface area contributed by atoms with Crippen molar-refractivity contribution in [2.24, 2.45) is 0 Å². The van der Waals surface area contributed by atoms with Crippen molar-refractivity contribution in [3.05, 3.63) is 96.6 Å². The maximum absolute atomic E-state index is 13.5. The molecule has 4 heterocycles. The lowest BCUT2D eigenvalue weighted by atomic mass is 9.89. The number of pyridine rings is 1. The van der Waals surface area contributed by atoms with Crippen molar-refractivity contribution in [1.82, 2.24) is 34.9 Å². The number of amides is 3. The van der Waals surface area contributed by atoms with Crippen LogP contribution in [0.2, 0.25) is 0 Å². The first-order valence-electron chi connectivity index (χ1n) is 11.6. The molecule has 0 unspecified atom stereocenters. The van der Waals surface area contributed by atoms with Gasteiger partial charge in [0.25, 0.3) is 5.91 Å². The van der Waals surface area contributed by atoms with Crippen LogP contribution < -0.4 is 15.4 Å². The number of urea groups is 1. The predicted molar refractivity (Wildman–Crippen MR) is 132 cm³/mol. The maximum Gasteiger partial charge on any atom is 0.322 e. The van der Waals surface area contributed by atoms with Crippen LogP contribution in [0.3, 0.4) is 0 Å². The summed E-state index contributed by atoms with van der Waals surface area (Å²) in [7, 11) is 0. The monoisotopic (exact) mass is 513 g/mol. The van der Waals surface area contributed by atoms with Crippen molar-refractivity contribution >= 4 is 22.7 Å². The first-order chi connectivity index (χ1) is 18.4. The molecule has 3 aromatic heterocycles. The first kappa shape index (κ1) is 23.2. The average Bonchev–Trinajstić information content (AvgIpc) is 3.63. The molecular weight excluding hydrogens is 493 g/mol. The Balaban J connectivity index is 1.24. The van der Waals surface area contributed by atoms with Crippen LogP contribution >= 0.6 is 0 Å². The third kappa shape index (κ3) is 4.07. The molecule has 5 aromatic rings. The highest BCUT2D eigenvalue weighted by Crippen LogP contribution is 2.35. The number of carbonyl (C=O) groups excluding carboxylic acids is 2. The summed E-state index contributed by atoms with van der Waals surface area (Å²) in [6.45, 7) is 0.152. The van der Waals surface area contributed by atoms with Crippen molar-refractivity contribution < 1.29 is 23.8 Å². The quantitative estimate of drug-likeness (QED) is 0.285. The highest BCUT2D eigenvalue weighted by molar-refractivity contribution is 6.07. The van der Waals surface area contributed by atoms with E-state index in [1.165, 1.54) is 35.2 Å². The molecule has 0 bridgehead atoms. The molecule has 1 saturated heterocycles. The summed E-state index contributed by atoms with van der Waals surface area (Å²) in [6.07, 6.45) is 6.34. The highest BCUT2D eigenvalue weighted by atomic mass is 19.1. The van der Waals surface area contributed by atoms with Gasteiger partial charge >= 0.3 is 6.03 Å². The summed E-state index contributed by atoms with van der Waals surface area (Å²) in [6, 6.07) is 13.5. The smallest absolute Gasteiger partial charge is 0.322 e. The van der Waals surface area contributed by atoms with E-state index in [0.717, 1.165) is 5.56 Å². The van der Waals surface area contributed by atoms with E-state index in [1.807, 2.05) is 12.1 Å². The van der Waals surface area contributed by atoms with Crippen LogP contribution in [0.25, 0.3) is 16.6 Å². The minimum atomic E-state index is -1.53. The summed E-state index contributed by atoms with van der Waals surface area (Å²) < 4.78 is 22.5. The molecule has 38 heavy (non-hydrogen) atoms. The molecule has 0 saturated carbocycles. The number of ether oxygens (including phenoxy) is 1. The molecule has 2 aromatic carbocycles. The second-order valence-corrected chi connectivity index (χ2v) is 8.80. The molecule has 11 nitrogen and oxygen atoms in total. The minimum Gasteiger partial charge on any atom is -0.494 e. The van der Waals surface area contributed by atoms with E-state index >= 15 is 0 Å². The lowest BCUT2D eigenvalue weighted by molar-refractivity contribution is -0.124. The van der Waals surface area contributed by atoms with Gasteiger partial charge in [-0.3, -0.25) is 10.1 Å². The number of aromatic hydroxyl groups is 1. The van der Waals surface area contributed by atoms with E-state index in [4.69, 9.17) is 4.74 Å². The van der Waals surface area contributed by atoms with Crippen molar-refractivity contribution in [2.75, 3.05) is 0 Å². The summed E-state index contributed by atoms with van der Waals surface area (Å²) in [5, 5.41) is 21.0. The lowest BCUT2D eigenvalue weighted by Crippen LogP contribution is -2.47. The molecule has 190 valence electrons. The molecule has 1 aliphatic rings. The number of benzene rings is 2. The fourth-order valence-corrected chi connectivity index (χ4v) is 4.46. The van der Waals surface area contributed by atoms with Crippen molar-refractivity contribution in [3.63, 3.8) is 0 Å². The van der Waals surface area contributed by atoms with Gasteiger partial charge in [0.05, 0.1) is 6.54 Å². The summed E-state index contributed by atoms with van der Waals surface area (Å²) in [5.41, 5.74) is -0.298. The topological polar surface area (TPSA) is 136 Å². The van der Waals surface area contributed by atoms with E-state index in [-0.39, 0.29) is 19.0 Å². The van der Waals surface area contributed by atoms with Crippen LogP contribution in [0.4, 0.5) is 9.18 Å². The summed E-state index contributed by atoms with van der Waals surface area (Å²) in [4.78, 5) is 33.2. The molecule has 1 fully saturated rings. The fourth-order valence-electron chi connectivity index (χ4n) is 4.46. The van der Waals surface area contributed by atoms with Crippen molar-refractivity contribution in [2.45, 2.75) is 18.7 Å². The number of nitrogens with one attached hydrogen (secondary N) is 2. The van der Waals surface area contributed by atoms with E-state index in [2.05, 4.69) is 25.7 Å². The number of rotatable bonds is 7. The Hall–Kier alpha value is -5.26. The zero-order chi connectivity index (χ0) is 26.3. The van der Waals surface area contributed by atoms with Gasteiger partial charge in [-0.1, -0.05) is 18.2 Å². The first-order valence-corrected chi connectivity index (χ1v) is 11.6. The normalized spacial score (nSPS) is 17.0. The number of aromatic nitrogens is 5. The molecule has 1 atom stereocenters. The Labute approximate surface area is 214 Å². The van der Waals surface area contributed by atoms with E-state index < -0.39 is 23.3 Å². The van der Waals surface area contributed by atoms with Crippen LogP contribution in [0.1, 0.15) is 11.1 Å². The molecular formula is C26H20FN7O4. The van der Waals surface area contributed by atoms with Crippen LogP contribution in [0, 0.1) is 5.82 Å². The number of hydrogen-bond donors (Lipinski definition) is 3. The van der Waals surface area contributed by atoms with E-state index in [1.54, 1.807) is 41.6 Å². The Morgan fingerprint density at radius 3 is 2.61 bits per heavy atom. The summed E-state index contributed by atoms with van der Waals surface area (Å²) in [5.74, 6) is 0.0384. The summed E-state index contributed by atoms with van der Waals surface area (Å²) >= 11 is 0. The molecule has 3 N–H and O–H groups in total. The van der Waals surface area contributed by atoms with Gasteiger partial charge < -0.3 is 19.7 Å². The largest absolute Gasteiger partial charge is 0.494 e. The zero-order valence-corrected chi connectivity index (χ0v) is 19.7. The number of imide groups is 1. The lowest BCUT2D eigenvalue weighted by Gasteiger charge is -2.27. The van der Waals surface area contributed by atoms with Gasteiger partial charge in [0.15, 0.2) is 17.2 Å².